The minimum absolute atomic E-state index is 0.125. The van der Waals surface area contributed by atoms with E-state index in [-0.39, 0.29) is 17.9 Å². The van der Waals surface area contributed by atoms with Crippen LogP contribution in [0.2, 0.25) is 0 Å². The SMILES string of the molecule is COC(=O)Cc1c(-c2ccc3c(c2C)CCCO3)c(C)c2c([nH]c(=O)c3ccccc32)c1C. The molecule has 2 heterocycles. The Morgan fingerprint density at radius 2 is 1.79 bits per heavy atom. The van der Waals surface area contributed by atoms with Crippen LogP contribution in [-0.2, 0) is 22.4 Å². The van der Waals surface area contributed by atoms with Crippen LogP contribution in [0.4, 0.5) is 0 Å². The van der Waals surface area contributed by atoms with Crippen molar-refractivity contribution in [2.45, 2.75) is 40.0 Å². The average molecular weight is 442 g/mol. The average Bonchev–Trinajstić information content (AvgIpc) is 2.83. The zero-order valence-corrected chi connectivity index (χ0v) is 19.4. The Morgan fingerprint density at radius 3 is 2.55 bits per heavy atom. The quantitative estimate of drug-likeness (QED) is 0.345. The van der Waals surface area contributed by atoms with Crippen molar-refractivity contribution >= 4 is 27.6 Å². The van der Waals surface area contributed by atoms with Gasteiger partial charge in [-0.1, -0.05) is 24.3 Å². The monoisotopic (exact) mass is 441 g/mol. The number of ether oxygens (including phenoxy) is 2. The molecule has 33 heavy (non-hydrogen) atoms. The van der Waals surface area contributed by atoms with Crippen molar-refractivity contribution in [1.29, 1.82) is 0 Å². The van der Waals surface area contributed by atoms with E-state index in [1.165, 1.54) is 18.2 Å². The van der Waals surface area contributed by atoms with E-state index in [4.69, 9.17) is 9.47 Å². The second-order valence-electron chi connectivity index (χ2n) is 8.77. The van der Waals surface area contributed by atoms with E-state index in [0.29, 0.717) is 5.39 Å². The standard InChI is InChI=1S/C28H27NO4/c1-15-18-10-7-13-33-23(18)12-11-19(15)25-17(3)26-20-8-5-6-9-21(20)28(31)29-27(26)16(2)22(25)14-24(30)32-4/h5-6,8-9,11-12H,7,10,13-14H2,1-4H3,(H,29,31). The number of fused-ring (bicyclic) bond motifs is 4. The van der Waals surface area contributed by atoms with Crippen molar-refractivity contribution < 1.29 is 14.3 Å². The van der Waals surface area contributed by atoms with Crippen molar-refractivity contribution in [3.63, 3.8) is 0 Å². The number of hydrogen-bond donors (Lipinski definition) is 1. The Hall–Kier alpha value is -3.60. The van der Waals surface area contributed by atoms with Gasteiger partial charge in [-0.25, -0.2) is 0 Å². The summed E-state index contributed by atoms with van der Waals surface area (Å²) in [7, 11) is 1.40. The van der Waals surface area contributed by atoms with Gasteiger partial charge in [0.25, 0.3) is 5.56 Å². The van der Waals surface area contributed by atoms with Crippen molar-refractivity contribution in [3.05, 3.63) is 74.6 Å². The minimum atomic E-state index is -0.305. The molecule has 4 aromatic rings. The molecular weight excluding hydrogens is 414 g/mol. The van der Waals surface area contributed by atoms with Gasteiger partial charge in [-0.15, -0.1) is 0 Å². The number of methoxy groups -OCH3 is 1. The van der Waals surface area contributed by atoms with E-state index >= 15 is 0 Å². The van der Waals surface area contributed by atoms with Crippen molar-refractivity contribution in [2.75, 3.05) is 13.7 Å². The number of esters is 1. The second-order valence-corrected chi connectivity index (χ2v) is 8.77. The topological polar surface area (TPSA) is 68.4 Å². The third-order valence-corrected chi connectivity index (χ3v) is 7.01. The van der Waals surface area contributed by atoms with Gasteiger partial charge in [-0.05, 0) is 90.1 Å². The lowest BCUT2D eigenvalue weighted by molar-refractivity contribution is -0.139. The van der Waals surface area contributed by atoms with Gasteiger partial charge in [0.2, 0.25) is 0 Å². The number of hydrogen-bond acceptors (Lipinski definition) is 4. The number of rotatable bonds is 3. The maximum Gasteiger partial charge on any atom is 0.310 e. The van der Waals surface area contributed by atoms with E-state index in [1.807, 2.05) is 37.3 Å². The molecule has 0 bridgehead atoms. The predicted molar refractivity (Wildman–Crippen MR) is 131 cm³/mol. The van der Waals surface area contributed by atoms with Gasteiger partial charge in [-0.3, -0.25) is 9.59 Å². The summed E-state index contributed by atoms with van der Waals surface area (Å²) in [6, 6.07) is 11.8. The molecule has 1 aliphatic heterocycles. The molecule has 0 unspecified atom stereocenters. The number of carbonyl (C=O) groups excluding carboxylic acids is 1. The van der Waals surface area contributed by atoms with E-state index < -0.39 is 0 Å². The van der Waals surface area contributed by atoms with Crippen LogP contribution in [0.3, 0.4) is 0 Å². The van der Waals surface area contributed by atoms with E-state index in [2.05, 4.69) is 24.9 Å². The second kappa shape index (κ2) is 8.07. The molecule has 1 N–H and O–H groups in total. The molecule has 5 heteroatoms. The highest BCUT2D eigenvalue weighted by molar-refractivity contribution is 6.11. The number of pyridine rings is 1. The molecule has 5 rings (SSSR count). The first-order valence-electron chi connectivity index (χ1n) is 11.3. The van der Waals surface area contributed by atoms with Crippen LogP contribution in [0, 0.1) is 20.8 Å². The molecule has 0 saturated carbocycles. The minimum Gasteiger partial charge on any atom is -0.493 e. The summed E-state index contributed by atoms with van der Waals surface area (Å²) >= 11 is 0. The van der Waals surface area contributed by atoms with E-state index in [0.717, 1.165) is 69.3 Å². The summed E-state index contributed by atoms with van der Waals surface area (Å²) in [5.74, 6) is 0.641. The van der Waals surface area contributed by atoms with Crippen LogP contribution in [0.25, 0.3) is 32.8 Å². The highest BCUT2D eigenvalue weighted by Crippen LogP contribution is 2.42. The lowest BCUT2D eigenvalue weighted by Crippen LogP contribution is -2.14. The van der Waals surface area contributed by atoms with Crippen LogP contribution in [-0.4, -0.2) is 24.7 Å². The van der Waals surface area contributed by atoms with Gasteiger partial charge in [0.15, 0.2) is 0 Å². The Morgan fingerprint density at radius 1 is 1.03 bits per heavy atom. The molecule has 0 saturated heterocycles. The molecule has 0 atom stereocenters. The first kappa shape index (κ1) is 21.3. The molecule has 1 aliphatic rings. The van der Waals surface area contributed by atoms with Gasteiger partial charge in [0.05, 0.1) is 25.7 Å². The Bertz CT molecular complexity index is 1500. The fourth-order valence-electron chi connectivity index (χ4n) is 5.32. The van der Waals surface area contributed by atoms with E-state index in [9.17, 15) is 9.59 Å². The molecule has 0 radical (unpaired) electrons. The van der Waals surface area contributed by atoms with Crippen LogP contribution in [0.5, 0.6) is 5.75 Å². The largest absolute Gasteiger partial charge is 0.493 e. The van der Waals surface area contributed by atoms with Gasteiger partial charge >= 0.3 is 5.97 Å². The highest BCUT2D eigenvalue weighted by Gasteiger charge is 2.24. The number of aryl methyl sites for hydroxylation is 2. The lowest BCUT2D eigenvalue weighted by Gasteiger charge is -2.25. The third kappa shape index (κ3) is 3.30. The summed E-state index contributed by atoms with van der Waals surface area (Å²) in [5, 5.41) is 2.59. The maximum atomic E-state index is 12.9. The smallest absolute Gasteiger partial charge is 0.310 e. The molecule has 1 aromatic heterocycles. The van der Waals surface area contributed by atoms with Gasteiger partial charge in [0, 0.05) is 10.8 Å². The molecule has 0 fully saturated rings. The highest BCUT2D eigenvalue weighted by atomic mass is 16.5. The van der Waals surface area contributed by atoms with Crippen molar-refractivity contribution in [1.82, 2.24) is 4.98 Å². The Kier molecular flexibility index (Phi) is 5.20. The number of benzene rings is 3. The number of nitrogens with one attached hydrogen (secondary N) is 1. The first-order valence-corrected chi connectivity index (χ1v) is 11.3. The molecule has 0 aliphatic carbocycles. The number of aromatic amines is 1. The van der Waals surface area contributed by atoms with E-state index in [1.54, 1.807) is 0 Å². The van der Waals surface area contributed by atoms with Crippen LogP contribution in [0.1, 0.15) is 34.2 Å². The van der Waals surface area contributed by atoms with Crippen LogP contribution in [0.15, 0.2) is 41.2 Å². The van der Waals surface area contributed by atoms with Gasteiger partial charge in [0.1, 0.15) is 5.75 Å². The fraction of sp³-hybridized carbons (Fsp3) is 0.286. The van der Waals surface area contributed by atoms with Gasteiger partial charge in [-0.2, -0.15) is 0 Å². The molecule has 0 spiro atoms. The Balaban J connectivity index is 1.93. The van der Waals surface area contributed by atoms with Crippen molar-refractivity contribution in [3.8, 4) is 16.9 Å². The number of aromatic nitrogens is 1. The molecular formula is C28H27NO4. The van der Waals surface area contributed by atoms with Crippen LogP contribution >= 0.6 is 0 Å². The van der Waals surface area contributed by atoms with Crippen molar-refractivity contribution in [2.24, 2.45) is 0 Å². The third-order valence-electron chi connectivity index (χ3n) is 7.01. The summed E-state index contributed by atoms with van der Waals surface area (Å²) in [6.07, 6.45) is 2.10. The number of carbonyl (C=O) groups is 1. The molecule has 168 valence electrons. The van der Waals surface area contributed by atoms with Crippen LogP contribution < -0.4 is 10.3 Å². The summed E-state index contributed by atoms with van der Waals surface area (Å²) < 4.78 is 10.9. The fourth-order valence-corrected chi connectivity index (χ4v) is 5.32. The molecule has 0 amide bonds. The molecule has 3 aromatic carbocycles. The summed E-state index contributed by atoms with van der Waals surface area (Å²) in [4.78, 5) is 28.4. The molecule has 5 nitrogen and oxygen atoms in total. The lowest BCUT2D eigenvalue weighted by atomic mass is 9.83. The maximum absolute atomic E-state index is 12.9. The van der Waals surface area contributed by atoms with Gasteiger partial charge < -0.3 is 14.5 Å². The summed E-state index contributed by atoms with van der Waals surface area (Å²) in [6.45, 7) is 6.94. The predicted octanol–water partition coefficient (Wildman–Crippen LogP) is 5.31. The first-order chi connectivity index (χ1) is 15.9. The normalized spacial score (nSPS) is 13.1. The zero-order valence-electron chi connectivity index (χ0n) is 19.4. The number of H-pyrrole nitrogens is 1. The zero-order chi connectivity index (χ0) is 23.3. The summed E-state index contributed by atoms with van der Waals surface area (Å²) in [5.41, 5.74) is 8.01. The Labute approximate surface area is 192 Å².